The minimum atomic E-state index is 0.251. The summed E-state index contributed by atoms with van der Waals surface area (Å²) in [6.07, 6.45) is 9.09. The predicted molar refractivity (Wildman–Crippen MR) is 86.6 cm³/mol. The van der Waals surface area contributed by atoms with Crippen LogP contribution < -0.4 is 5.32 Å². The van der Waals surface area contributed by atoms with Crippen LogP contribution in [0.2, 0.25) is 0 Å². The van der Waals surface area contributed by atoms with Gasteiger partial charge < -0.3 is 5.32 Å². The van der Waals surface area contributed by atoms with E-state index in [-0.39, 0.29) is 5.91 Å². The fourth-order valence-corrected chi connectivity index (χ4v) is 4.18. The van der Waals surface area contributed by atoms with E-state index in [1.54, 1.807) is 0 Å². The van der Waals surface area contributed by atoms with Crippen molar-refractivity contribution in [2.75, 3.05) is 0 Å². The minimum absolute atomic E-state index is 0.251. The molecule has 0 spiro atoms. The van der Waals surface area contributed by atoms with Gasteiger partial charge in [0.15, 0.2) is 0 Å². The lowest BCUT2D eigenvalue weighted by Crippen LogP contribution is -2.47. The summed E-state index contributed by atoms with van der Waals surface area (Å²) in [6, 6.07) is 0.408. The highest BCUT2D eigenvalue weighted by Crippen LogP contribution is 2.50. The lowest BCUT2D eigenvalue weighted by molar-refractivity contribution is -0.122. The molecule has 1 rings (SSSR count). The normalized spacial score (nSPS) is 29.8. The van der Waals surface area contributed by atoms with Gasteiger partial charge in [0.05, 0.1) is 0 Å². The van der Waals surface area contributed by atoms with Gasteiger partial charge in [0.2, 0.25) is 5.91 Å². The zero-order chi connectivity index (χ0) is 15.2. The van der Waals surface area contributed by atoms with Gasteiger partial charge in [-0.15, -0.1) is 0 Å². The first kappa shape index (κ1) is 17.5. The standard InChI is InChI=1S/C18H35NO/c1-6-10-17(20)19-16-11-9-12-18(13-16,14(4)7-2)15(5)8-3/h14-16H,6-13H2,1-5H3,(H,19,20). The first-order valence-corrected chi connectivity index (χ1v) is 8.79. The lowest BCUT2D eigenvalue weighted by Gasteiger charge is -2.49. The fourth-order valence-electron chi connectivity index (χ4n) is 4.18. The second kappa shape index (κ2) is 8.05. The van der Waals surface area contributed by atoms with Gasteiger partial charge in [-0.1, -0.05) is 53.9 Å². The van der Waals surface area contributed by atoms with Crippen LogP contribution in [-0.2, 0) is 4.79 Å². The predicted octanol–water partition coefficient (Wildman–Crippen LogP) is 4.92. The van der Waals surface area contributed by atoms with Crippen LogP contribution in [0.1, 0.15) is 86.0 Å². The number of rotatable bonds is 7. The molecular formula is C18H35NO. The zero-order valence-electron chi connectivity index (χ0n) is 14.3. The van der Waals surface area contributed by atoms with E-state index in [9.17, 15) is 4.79 Å². The van der Waals surface area contributed by atoms with Crippen molar-refractivity contribution in [1.29, 1.82) is 0 Å². The van der Waals surface area contributed by atoms with Crippen molar-refractivity contribution in [3.05, 3.63) is 0 Å². The van der Waals surface area contributed by atoms with Gasteiger partial charge in [-0.3, -0.25) is 4.79 Å². The maximum Gasteiger partial charge on any atom is 0.220 e. The summed E-state index contributed by atoms with van der Waals surface area (Å²) in [5.74, 6) is 1.76. The quantitative estimate of drug-likeness (QED) is 0.705. The third-order valence-electron chi connectivity index (χ3n) is 5.85. The molecule has 20 heavy (non-hydrogen) atoms. The van der Waals surface area contributed by atoms with E-state index in [2.05, 4.69) is 39.9 Å². The van der Waals surface area contributed by atoms with Gasteiger partial charge in [-0.25, -0.2) is 0 Å². The van der Waals surface area contributed by atoms with Crippen molar-refractivity contribution in [1.82, 2.24) is 5.32 Å². The molecule has 0 aromatic carbocycles. The molecule has 1 fully saturated rings. The second-order valence-electron chi connectivity index (χ2n) is 6.96. The van der Waals surface area contributed by atoms with Gasteiger partial charge in [0, 0.05) is 12.5 Å². The maximum absolute atomic E-state index is 11.9. The summed E-state index contributed by atoms with van der Waals surface area (Å²) in [7, 11) is 0. The van der Waals surface area contributed by atoms with E-state index < -0.39 is 0 Å². The molecule has 0 saturated heterocycles. The average molecular weight is 281 g/mol. The van der Waals surface area contributed by atoms with Crippen molar-refractivity contribution in [2.45, 2.75) is 92.0 Å². The molecule has 1 amide bonds. The molecule has 1 aliphatic carbocycles. The van der Waals surface area contributed by atoms with E-state index in [1.807, 2.05) is 0 Å². The average Bonchev–Trinajstić information content (AvgIpc) is 2.45. The molecule has 3 unspecified atom stereocenters. The molecule has 0 bridgehead atoms. The van der Waals surface area contributed by atoms with E-state index in [4.69, 9.17) is 0 Å². The first-order chi connectivity index (χ1) is 9.50. The molecule has 0 radical (unpaired) electrons. The summed E-state index contributed by atoms with van der Waals surface area (Å²) in [4.78, 5) is 11.9. The van der Waals surface area contributed by atoms with Crippen molar-refractivity contribution in [3.63, 3.8) is 0 Å². The van der Waals surface area contributed by atoms with Crippen LogP contribution in [0.15, 0.2) is 0 Å². The first-order valence-electron chi connectivity index (χ1n) is 8.79. The second-order valence-corrected chi connectivity index (χ2v) is 6.96. The van der Waals surface area contributed by atoms with Crippen LogP contribution in [0.5, 0.6) is 0 Å². The molecule has 1 N–H and O–H groups in total. The monoisotopic (exact) mass is 281 g/mol. The number of hydrogen-bond donors (Lipinski definition) is 1. The summed E-state index contributed by atoms with van der Waals surface area (Å²) in [6.45, 7) is 11.5. The molecule has 0 aromatic rings. The van der Waals surface area contributed by atoms with Crippen LogP contribution in [0.3, 0.4) is 0 Å². The van der Waals surface area contributed by atoms with E-state index in [1.165, 1.54) is 38.5 Å². The van der Waals surface area contributed by atoms with Gasteiger partial charge in [0.25, 0.3) is 0 Å². The largest absolute Gasteiger partial charge is 0.353 e. The Balaban J connectivity index is 2.78. The van der Waals surface area contributed by atoms with E-state index in [0.717, 1.165) is 18.3 Å². The summed E-state index contributed by atoms with van der Waals surface area (Å²) in [5.41, 5.74) is 0.436. The molecular weight excluding hydrogens is 246 g/mol. The van der Waals surface area contributed by atoms with Crippen molar-refractivity contribution in [3.8, 4) is 0 Å². The fraction of sp³-hybridized carbons (Fsp3) is 0.944. The molecule has 0 heterocycles. The Morgan fingerprint density at radius 1 is 1.20 bits per heavy atom. The number of amides is 1. The van der Waals surface area contributed by atoms with Crippen molar-refractivity contribution < 1.29 is 4.79 Å². The molecule has 0 aliphatic heterocycles. The molecule has 1 saturated carbocycles. The Bertz CT molecular complexity index is 290. The minimum Gasteiger partial charge on any atom is -0.353 e. The highest BCUT2D eigenvalue weighted by molar-refractivity contribution is 5.76. The molecule has 1 aliphatic rings. The maximum atomic E-state index is 11.9. The summed E-state index contributed by atoms with van der Waals surface area (Å²) in [5, 5.41) is 3.29. The van der Waals surface area contributed by atoms with Crippen LogP contribution in [0.25, 0.3) is 0 Å². The molecule has 3 atom stereocenters. The molecule has 0 aromatic heterocycles. The number of carbonyl (C=O) groups is 1. The number of hydrogen-bond acceptors (Lipinski definition) is 1. The topological polar surface area (TPSA) is 29.1 Å². The third kappa shape index (κ3) is 3.99. The van der Waals surface area contributed by atoms with Gasteiger partial charge in [-0.2, -0.15) is 0 Å². The number of nitrogens with one attached hydrogen (secondary N) is 1. The van der Waals surface area contributed by atoms with Crippen molar-refractivity contribution in [2.24, 2.45) is 17.3 Å². The van der Waals surface area contributed by atoms with Crippen molar-refractivity contribution >= 4 is 5.91 Å². The molecule has 118 valence electrons. The smallest absolute Gasteiger partial charge is 0.220 e. The Hall–Kier alpha value is -0.530. The summed E-state index contributed by atoms with van der Waals surface area (Å²) < 4.78 is 0. The highest BCUT2D eigenvalue weighted by atomic mass is 16.1. The van der Waals surface area contributed by atoms with Crippen LogP contribution in [0, 0.1) is 17.3 Å². The Labute approximate surface area is 126 Å². The van der Waals surface area contributed by atoms with Gasteiger partial charge in [0.1, 0.15) is 0 Å². The lowest BCUT2D eigenvalue weighted by atomic mass is 9.57. The highest BCUT2D eigenvalue weighted by Gasteiger charge is 2.43. The van der Waals surface area contributed by atoms with Crippen LogP contribution >= 0.6 is 0 Å². The SMILES string of the molecule is CCCC(=O)NC1CCCC(C(C)CC)(C(C)CC)C1. The Kier molecular flexibility index (Phi) is 7.05. The van der Waals surface area contributed by atoms with Crippen LogP contribution in [0.4, 0.5) is 0 Å². The Morgan fingerprint density at radius 2 is 1.80 bits per heavy atom. The molecule has 2 heteroatoms. The van der Waals surface area contributed by atoms with E-state index in [0.29, 0.717) is 17.9 Å². The van der Waals surface area contributed by atoms with Gasteiger partial charge in [-0.05, 0) is 42.9 Å². The molecule has 2 nitrogen and oxygen atoms in total. The zero-order valence-corrected chi connectivity index (χ0v) is 14.3. The van der Waals surface area contributed by atoms with Crippen LogP contribution in [-0.4, -0.2) is 11.9 Å². The van der Waals surface area contributed by atoms with Gasteiger partial charge >= 0.3 is 0 Å². The number of carbonyl (C=O) groups excluding carboxylic acids is 1. The summed E-state index contributed by atoms with van der Waals surface area (Å²) >= 11 is 0. The Morgan fingerprint density at radius 3 is 2.30 bits per heavy atom. The third-order valence-corrected chi connectivity index (χ3v) is 5.85. The van der Waals surface area contributed by atoms with E-state index >= 15 is 0 Å².